The van der Waals surface area contributed by atoms with Crippen molar-refractivity contribution in [3.8, 4) is 0 Å². The summed E-state index contributed by atoms with van der Waals surface area (Å²) in [5.41, 5.74) is -3.21. The Morgan fingerprint density at radius 3 is 2.38 bits per heavy atom. The number of fused-ring (bicyclic) bond motifs is 1. The lowest BCUT2D eigenvalue weighted by atomic mass is 10.2. The smallest absolute Gasteiger partial charge is 0.445 e. The Labute approximate surface area is 241 Å². The number of nitrogens with zero attached hydrogens (tertiary/aromatic N) is 4. The van der Waals surface area contributed by atoms with E-state index in [0.717, 1.165) is 0 Å². The molecule has 0 radical (unpaired) electrons. The quantitative estimate of drug-likeness (QED) is 0.189. The van der Waals surface area contributed by atoms with Gasteiger partial charge in [-0.1, -0.05) is 12.1 Å². The fourth-order valence-electron chi connectivity index (χ4n) is 4.03. The van der Waals surface area contributed by atoms with Crippen LogP contribution < -0.4 is 10.2 Å². The molecule has 0 saturated carbocycles. The van der Waals surface area contributed by atoms with Crippen LogP contribution >= 0.6 is 23.1 Å². The molecule has 9 nitrogen and oxygen atoms in total. The van der Waals surface area contributed by atoms with Gasteiger partial charge in [0.15, 0.2) is 5.13 Å². The van der Waals surface area contributed by atoms with Gasteiger partial charge >= 0.3 is 17.8 Å². The Bertz CT molecular complexity index is 1580. The Balaban J connectivity index is 1.10. The number of aromatic amines is 1. The lowest BCUT2D eigenvalue weighted by Gasteiger charge is -2.33. The molecule has 1 fully saturated rings. The second-order valence-electron chi connectivity index (χ2n) is 9.00. The van der Waals surface area contributed by atoms with E-state index < -0.39 is 29.5 Å². The van der Waals surface area contributed by atoms with E-state index >= 15 is 0 Å². The van der Waals surface area contributed by atoms with Crippen molar-refractivity contribution >= 4 is 57.0 Å². The number of hydrogen-bond donors (Lipinski definition) is 2. The highest BCUT2D eigenvalue weighted by Crippen LogP contribution is 2.36. The van der Waals surface area contributed by atoms with Crippen molar-refractivity contribution in [2.24, 2.45) is 0 Å². The lowest BCUT2D eigenvalue weighted by molar-refractivity contribution is -0.144. The molecule has 2 N–H and O–H groups in total. The number of amides is 2. The van der Waals surface area contributed by atoms with E-state index in [0.29, 0.717) is 36.9 Å². The van der Waals surface area contributed by atoms with Crippen LogP contribution in [0.2, 0.25) is 0 Å². The number of thioether (sulfide) groups is 1. The zero-order valence-corrected chi connectivity index (χ0v) is 22.9. The predicted molar refractivity (Wildman–Crippen MR) is 143 cm³/mol. The SMILES string of the molecule is O=C(Nc1ccc2nc(C(F)(F)F)[nH]c2c1)c1csc(N2CCN(C(=O)OCc3ccc(SC(F)(F)F)cc3)CC2)n1. The number of halogens is 6. The maximum absolute atomic E-state index is 12.9. The van der Waals surface area contributed by atoms with E-state index in [1.807, 2.05) is 4.90 Å². The van der Waals surface area contributed by atoms with Crippen LogP contribution in [0.1, 0.15) is 21.9 Å². The second kappa shape index (κ2) is 11.7. The van der Waals surface area contributed by atoms with Gasteiger partial charge in [0.1, 0.15) is 12.3 Å². The van der Waals surface area contributed by atoms with Gasteiger partial charge in [0.25, 0.3) is 5.91 Å². The fourth-order valence-corrected chi connectivity index (χ4v) is 5.43. The molecule has 3 heterocycles. The van der Waals surface area contributed by atoms with Gasteiger partial charge in [-0.3, -0.25) is 4.79 Å². The summed E-state index contributed by atoms with van der Waals surface area (Å²) in [5, 5.41) is 4.73. The van der Waals surface area contributed by atoms with Crippen molar-refractivity contribution < 1.29 is 40.7 Å². The summed E-state index contributed by atoms with van der Waals surface area (Å²) in [6.45, 7) is 1.41. The summed E-state index contributed by atoms with van der Waals surface area (Å²) in [4.78, 5) is 38.7. The summed E-state index contributed by atoms with van der Waals surface area (Å²) < 4.78 is 81.4. The average molecular weight is 631 g/mol. The molecular weight excluding hydrogens is 610 g/mol. The molecule has 0 atom stereocenters. The highest BCUT2D eigenvalue weighted by molar-refractivity contribution is 8.00. The van der Waals surface area contributed by atoms with Crippen LogP contribution in [0.3, 0.4) is 0 Å². The van der Waals surface area contributed by atoms with Gasteiger partial charge in [0.2, 0.25) is 5.82 Å². The van der Waals surface area contributed by atoms with E-state index in [-0.39, 0.29) is 45.7 Å². The van der Waals surface area contributed by atoms with Gasteiger partial charge in [-0.05, 0) is 47.7 Å². The molecule has 2 aromatic carbocycles. The maximum Gasteiger partial charge on any atom is 0.449 e. The number of H-pyrrole nitrogens is 1. The fraction of sp³-hybridized carbons (Fsp3) is 0.280. The lowest BCUT2D eigenvalue weighted by Crippen LogP contribution is -2.48. The predicted octanol–water partition coefficient (Wildman–Crippen LogP) is 6.36. The molecule has 1 aliphatic heterocycles. The summed E-state index contributed by atoms with van der Waals surface area (Å²) in [6.07, 6.45) is -5.18. The molecule has 0 unspecified atom stereocenters. The molecule has 5 rings (SSSR count). The van der Waals surface area contributed by atoms with Crippen molar-refractivity contribution in [2.75, 3.05) is 36.4 Å². The zero-order chi connectivity index (χ0) is 30.1. The van der Waals surface area contributed by atoms with E-state index in [9.17, 15) is 35.9 Å². The number of ether oxygens (including phenoxy) is 1. The van der Waals surface area contributed by atoms with Crippen molar-refractivity contribution in [3.63, 3.8) is 0 Å². The van der Waals surface area contributed by atoms with E-state index in [2.05, 4.69) is 20.3 Å². The van der Waals surface area contributed by atoms with Crippen LogP contribution in [0.15, 0.2) is 52.7 Å². The highest BCUT2D eigenvalue weighted by atomic mass is 32.2. The van der Waals surface area contributed by atoms with E-state index in [4.69, 9.17) is 4.74 Å². The number of piperazine rings is 1. The van der Waals surface area contributed by atoms with Gasteiger partial charge in [-0.25, -0.2) is 14.8 Å². The molecule has 1 saturated heterocycles. The first kappa shape index (κ1) is 29.5. The first-order valence-electron chi connectivity index (χ1n) is 12.2. The molecule has 42 heavy (non-hydrogen) atoms. The number of thiazole rings is 1. The number of alkyl halides is 6. The van der Waals surface area contributed by atoms with Crippen molar-refractivity contribution in [3.05, 3.63) is 64.9 Å². The van der Waals surface area contributed by atoms with Gasteiger partial charge in [-0.2, -0.15) is 26.3 Å². The minimum Gasteiger partial charge on any atom is -0.445 e. The Morgan fingerprint density at radius 1 is 1.00 bits per heavy atom. The van der Waals surface area contributed by atoms with Crippen LogP contribution in [-0.4, -0.2) is 63.5 Å². The Hall–Kier alpha value is -3.99. The number of imidazole rings is 1. The molecule has 222 valence electrons. The third-order valence-electron chi connectivity index (χ3n) is 6.06. The third-order valence-corrected chi connectivity index (χ3v) is 7.70. The number of rotatable bonds is 6. The highest BCUT2D eigenvalue weighted by Gasteiger charge is 2.35. The van der Waals surface area contributed by atoms with Crippen molar-refractivity contribution in [1.29, 1.82) is 0 Å². The Morgan fingerprint density at radius 2 is 1.71 bits per heavy atom. The number of nitrogens with one attached hydrogen (secondary N) is 2. The molecular formula is C25H20F6N6O3S2. The van der Waals surface area contributed by atoms with Gasteiger partial charge in [0.05, 0.1) is 11.0 Å². The van der Waals surface area contributed by atoms with Crippen molar-refractivity contribution in [2.45, 2.75) is 23.2 Å². The number of aromatic nitrogens is 3. The van der Waals surface area contributed by atoms with Crippen LogP contribution in [0.4, 0.5) is 42.0 Å². The molecule has 17 heteroatoms. The maximum atomic E-state index is 12.9. The monoisotopic (exact) mass is 630 g/mol. The molecule has 2 amide bonds. The van der Waals surface area contributed by atoms with E-state index in [1.165, 1.54) is 58.7 Å². The minimum atomic E-state index is -4.62. The van der Waals surface area contributed by atoms with Crippen LogP contribution in [0.25, 0.3) is 11.0 Å². The first-order chi connectivity index (χ1) is 19.8. The molecule has 0 aliphatic carbocycles. The number of anilines is 2. The molecule has 0 bridgehead atoms. The zero-order valence-electron chi connectivity index (χ0n) is 21.3. The summed E-state index contributed by atoms with van der Waals surface area (Å²) in [7, 11) is 0. The molecule has 0 spiro atoms. The van der Waals surface area contributed by atoms with Gasteiger partial charge in [0, 0.05) is 42.1 Å². The van der Waals surface area contributed by atoms with Crippen molar-refractivity contribution in [1.82, 2.24) is 19.9 Å². The molecule has 4 aromatic rings. The van der Waals surface area contributed by atoms with Gasteiger partial charge < -0.3 is 24.8 Å². The summed E-state index contributed by atoms with van der Waals surface area (Å²) in [5.74, 6) is -1.67. The van der Waals surface area contributed by atoms with Crippen LogP contribution in [0.5, 0.6) is 0 Å². The van der Waals surface area contributed by atoms with Gasteiger partial charge in [-0.15, -0.1) is 11.3 Å². The van der Waals surface area contributed by atoms with E-state index in [1.54, 1.807) is 5.38 Å². The Kier molecular flexibility index (Phi) is 8.23. The average Bonchev–Trinajstić information content (AvgIpc) is 3.60. The third kappa shape index (κ3) is 7.25. The molecule has 2 aromatic heterocycles. The topological polar surface area (TPSA) is 103 Å². The second-order valence-corrected chi connectivity index (χ2v) is 11.0. The molecule has 1 aliphatic rings. The standard InChI is InChI=1S/C25H20F6N6O3S2/c26-24(27,28)21-33-17-6-3-15(11-18(17)34-21)32-20(38)19-13-41-22(35-19)36-7-9-37(10-8-36)23(39)40-12-14-1-4-16(5-2-14)42-25(29,30)31/h1-6,11,13H,7-10,12H2,(H,32,38)(H,33,34). The minimum absolute atomic E-state index is 0.0371. The normalized spacial score (nSPS) is 14.3. The van der Waals surface area contributed by atoms with Crippen LogP contribution in [0, 0.1) is 0 Å². The number of hydrogen-bond acceptors (Lipinski definition) is 8. The summed E-state index contributed by atoms with van der Waals surface area (Å²) >= 11 is 1.01. The largest absolute Gasteiger partial charge is 0.449 e. The number of benzene rings is 2. The number of carbonyl (C=O) groups excluding carboxylic acids is 2. The van der Waals surface area contributed by atoms with Crippen LogP contribution in [-0.2, 0) is 17.5 Å². The number of carbonyl (C=O) groups is 2. The summed E-state index contributed by atoms with van der Waals surface area (Å²) in [6, 6.07) is 9.71. The first-order valence-corrected chi connectivity index (χ1v) is 13.9.